The molecule has 0 amide bonds. The molecule has 0 bridgehead atoms. The number of hydrogen-bond acceptors (Lipinski definition) is 5. The van der Waals surface area contributed by atoms with E-state index in [0.29, 0.717) is 13.0 Å². The molecule has 6 nitrogen and oxygen atoms in total. The van der Waals surface area contributed by atoms with Crippen LogP contribution in [-0.2, 0) is 11.3 Å². The van der Waals surface area contributed by atoms with Crippen LogP contribution in [0.15, 0.2) is 4.63 Å². The Morgan fingerprint density at radius 1 is 1.39 bits per heavy atom. The van der Waals surface area contributed by atoms with Crippen molar-refractivity contribution in [2.24, 2.45) is 0 Å². The molecule has 18 heavy (non-hydrogen) atoms. The molecule has 1 fully saturated rings. The predicted octanol–water partition coefficient (Wildman–Crippen LogP) is 1.60. The van der Waals surface area contributed by atoms with Crippen molar-refractivity contribution in [3.8, 4) is 0 Å². The first kappa shape index (κ1) is 13.0. The molecule has 2 rings (SSSR count). The zero-order valence-electron chi connectivity index (χ0n) is 10.6. The smallest absolute Gasteiger partial charge is 0.320 e. The molecule has 6 heteroatoms. The molecule has 1 unspecified atom stereocenters. The van der Waals surface area contributed by atoms with Gasteiger partial charge < -0.3 is 5.11 Å². The molecule has 1 aliphatic rings. The zero-order chi connectivity index (χ0) is 13.0. The van der Waals surface area contributed by atoms with Gasteiger partial charge in [-0.3, -0.25) is 9.69 Å². The highest BCUT2D eigenvalue weighted by Gasteiger charge is 2.27. The summed E-state index contributed by atoms with van der Waals surface area (Å²) in [6, 6.07) is -0.415. The molecule has 0 saturated carbocycles. The van der Waals surface area contributed by atoms with E-state index in [4.69, 9.17) is 0 Å². The van der Waals surface area contributed by atoms with E-state index in [1.807, 2.05) is 11.8 Å². The van der Waals surface area contributed by atoms with Crippen molar-refractivity contribution in [1.82, 2.24) is 15.2 Å². The second kappa shape index (κ2) is 5.95. The Morgan fingerprint density at radius 3 is 2.83 bits per heavy atom. The van der Waals surface area contributed by atoms with Crippen molar-refractivity contribution < 1.29 is 14.5 Å². The molecule has 2 heterocycles. The summed E-state index contributed by atoms with van der Waals surface area (Å²) in [7, 11) is 0. The second-order valence-electron chi connectivity index (χ2n) is 4.82. The van der Waals surface area contributed by atoms with Gasteiger partial charge in [-0.25, -0.2) is 4.63 Å². The van der Waals surface area contributed by atoms with Gasteiger partial charge in [0.25, 0.3) is 0 Å². The molecule has 1 N–H and O–H groups in total. The highest BCUT2D eigenvalue weighted by atomic mass is 16.6. The third kappa shape index (κ3) is 3.07. The lowest BCUT2D eigenvalue weighted by molar-refractivity contribution is -0.144. The monoisotopic (exact) mass is 253 g/mol. The van der Waals surface area contributed by atoms with Crippen LogP contribution >= 0.6 is 0 Å². The van der Waals surface area contributed by atoms with Crippen LogP contribution in [0.4, 0.5) is 0 Å². The van der Waals surface area contributed by atoms with Crippen LogP contribution in [-0.4, -0.2) is 38.9 Å². The van der Waals surface area contributed by atoms with Crippen molar-refractivity contribution >= 4 is 5.97 Å². The number of likely N-dealkylation sites (tertiary alicyclic amines) is 1. The van der Waals surface area contributed by atoms with Crippen molar-refractivity contribution in [3.63, 3.8) is 0 Å². The van der Waals surface area contributed by atoms with E-state index < -0.39 is 12.0 Å². The van der Waals surface area contributed by atoms with Crippen LogP contribution in [0.2, 0.25) is 0 Å². The Kier molecular flexibility index (Phi) is 4.30. The summed E-state index contributed by atoms with van der Waals surface area (Å²) < 4.78 is 4.66. The molecular formula is C12H19N3O3. The van der Waals surface area contributed by atoms with E-state index in [-0.39, 0.29) is 0 Å². The van der Waals surface area contributed by atoms with E-state index >= 15 is 0 Å². The lowest BCUT2D eigenvalue weighted by Crippen LogP contribution is -2.42. The number of hydrogen-bond donors (Lipinski definition) is 1. The van der Waals surface area contributed by atoms with Crippen LogP contribution in [0, 0.1) is 6.92 Å². The fourth-order valence-corrected chi connectivity index (χ4v) is 2.40. The van der Waals surface area contributed by atoms with Crippen molar-refractivity contribution in [3.05, 3.63) is 11.4 Å². The van der Waals surface area contributed by atoms with Gasteiger partial charge in [0.05, 0.1) is 0 Å². The number of rotatable bonds is 3. The second-order valence-corrected chi connectivity index (χ2v) is 4.82. The summed E-state index contributed by atoms with van der Waals surface area (Å²) in [6.45, 7) is 3.13. The predicted molar refractivity (Wildman–Crippen MR) is 64.0 cm³/mol. The van der Waals surface area contributed by atoms with Crippen molar-refractivity contribution in [2.75, 3.05) is 6.54 Å². The number of aliphatic carboxylic acids is 1. The number of nitrogens with zero attached hydrogens (tertiary/aromatic N) is 3. The summed E-state index contributed by atoms with van der Waals surface area (Å²) in [5.41, 5.74) is 1.48. The third-order valence-electron chi connectivity index (χ3n) is 3.50. The number of carboxylic acid groups (broad SMARTS) is 1. The maximum atomic E-state index is 11.3. The quantitative estimate of drug-likeness (QED) is 0.881. The fourth-order valence-electron chi connectivity index (χ4n) is 2.40. The van der Waals surface area contributed by atoms with E-state index in [2.05, 4.69) is 14.9 Å². The molecule has 1 saturated heterocycles. The van der Waals surface area contributed by atoms with Crippen LogP contribution in [0.5, 0.6) is 0 Å². The standard InChI is InChI=1S/C12H19N3O3/c1-9-10(14-18-13-9)8-15-7-5-3-2-4-6-11(15)12(16)17/h11H,2-8H2,1H3,(H,16,17). The van der Waals surface area contributed by atoms with Crippen LogP contribution in [0.3, 0.4) is 0 Å². The molecule has 100 valence electrons. The van der Waals surface area contributed by atoms with Gasteiger partial charge in [-0.1, -0.05) is 29.6 Å². The first-order valence-electron chi connectivity index (χ1n) is 6.43. The minimum atomic E-state index is -0.744. The van der Waals surface area contributed by atoms with Gasteiger partial charge in [-0.15, -0.1) is 0 Å². The van der Waals surface area contributed by atoms with Gasteiger partial charge in [-0.2, -0.15) is 0 Å². The Morgan fingerprint density at radius 2 is 2.17 bits per heavy atom. The summed E-state index contributed by atoms with van der Waals surface area (Å²) in [6.07, 6.45) is 5.01. The number of carbonyl (C=O) groups is 1. The molecule has 1 atom stereocenters. The highest BCUT2D eigenvalue weighted by molar-refractivity contribution is 5.73. The zero-order valence-corrected chi connectivity index (χ0v) is 10.6. The Balaban J connectivity index is 2.09. The Hall–Kier alpha value is -1.43. The number of aryl methyl sites for hydroxylation is 1. The molecular weight excluding hydrogens is 234 g/mol. The van der Waals surface area contributed by atoms with E-state index in [1.54, 1.807) is 0 Å². The normalized spacial score (nSPS) is 22.4. The summed E-state index contributed by atoms with van der Waals surface area (Å²) in [5.74, 6) is -0.744. The first-order chi connectivity index (χ1) is 8.68. The maximum absolute atomic E-state index is 11.3. The Bertz CT molecular complexity index is 405. The lowest BCUT2D eigenvalue weighted by Gasteiger charge is -2.29. The average Bonchev–Trinajstić information content (AvgIpc) is 2.68. The largest absolute Gasteiger partial charge is 0.480 e. The summed E-state index contributed by atoms with van der Waals surface area (Å²) >= 11 is 0. The molecule has 1 aliphatic heterocycles. The summed E-state index contributed by atoms with van der Waals surface area (Å²) in [4.78, 5) is 13.3. The molecule has 1 aromatic heterocycles. The maximum Gasteiger partial charge on any atom is 0.320 e. The third-order valence-corrected chi connectivity index (χ3v) is 3.50. The van der Waals surface area contributed by atoms with Gasteiger partial charge in [0.2, 0.25) is 0 Å². The molecule has 0 aromatic carbocycles. The average molecular weight is 253 g/mol. The number of aromatic nitrogens is 2. The lowest BCUT2D eigenvalue weighted by atomic mass is 10.0. The van der Waals surface area contributed by atoms with Crippen LogP contribution < -0.4 is 0 Å². The fraction of sp³-hybridized carbons (Fsp3) is 0.750. The molecule has 0 radical (unpaired) electrons. The minimum Gasteiger partial charge on any atom is -0.480 e. The molecule has 0 spiro atoms. The highest BCUT2D eigenvalue weighted by Crippen LogP contribution is 2.19. The van der Waals surface area contributed by atoms with Gasteiger partial charge in [-0.05, 0) is 26.3 Å². The van der Waals surface area contributed by atoms with E-state index in [1.165, 1.54) is 6.42 Å². The summed E-state index contributed by atoms with van der Waals surface area (Å²) in [5, 5.41) is 16.9. The van der Waals surface area contributed by atoms with Crippen molar-refractivity contribution in [1.29, 1.82) is 0 Å². The van der Waals surface area contributed by atoms with Gasteiger partial charge in [0.1, 0.15) is 17.4 Å². The molecule has 0 aliphatic carbocycles. The minimum absolute atomic E-state index is 0.415. The van der Waals surface area contributed by atoms with Gasteiger partial charge >= 0.3 is 5.97 Å². The van der Waals surface area contributed by atoms with Crippen LogP contribution in [0.1, 0.15) is 43.5 Å². The molecule has 1 aromatic rings. The number of carboxylic acids is 1. The van der Waals surface area contributed by atoms with Gasteiger partial charge in [0.15, 0.2) is 0 Å². The van der Waals surface area contributed by atoms with Gasteiger partial charge in [0, 0.05) is 6.54 Å². The van der Waals surface area contributed by atoms with Crippen LogP contribution in [0.25, 0.3) is 0 Å². The van der Waals surface area contributed by atoms with E-state index in [9.17, 15) is 9.90 Å². The van der Waals surface area contributed by atoms with Crippen molar-refractivity contribution in [2.45, 2.75) is 51.6 Å². The Labute approximate surface area is 106 Å². The SMILES string of the molecule is Cc1nonc1CN1CCCCCCC1C(=O)O. The topological polar surface area (TPSA) is 79.5 Å². The van der Waals surface area contributed by atoms with E-state index in [0.717, 1.165) is 37.2 Å². The first-order valence-corrected chi connectivity index (χ1v) is 6.43.